The average Bonchev–Trinajstić information content (AvgIpc) is 2.65. The highest BCUT2D eigenvalue weighted by molar-refractivity contribution is 6.31. The highest BCUT2D eigenvalue weighted by atomic mass is 35.5. The summed E-state index contributed by atoms with van der Waals surface area (Å²) in [6.45, 7) is 4.20. The molecule has 5 nitrogen and oxygen atoms in total. The summed E-state index contributed by atoms with van der Waals surface area (Å²) in [7, 11) is 0. The van der Waals surface area contributed by atoms with E-state index in [0.717, 1.165) is 23.2 Å². The first-order chi connectivity index (χ1) is 12.5. The third kappa shape index (κ3) is 5.86. The lowest BCUT2D eigenvalue weighted by atomic mass is 10.1. The minimum absolute atomic E-state index is 0.0504. The molecule has 2 rings (SSSR count). The maximum Gasteiger partial charge on any atom is 0.275 e. The predicted molar refractivity (Wildman–Crippen MR) is 104 cm³/mol. The molecular formula is C20H25ClN3O2+. The van der Waals surface area contributed by atoms with Crippen LogP contribution in [0, 0.1) is 0 Å². The molecular weight excluding hydrogens is 350 g/mol. The Morgan fingerprint density at radius 3 is 2.50 bits per heavy atom. The third-order valence-electron chi connectivity index (χ3n) is 4.17. The Labute approximate surface area is 159 Å². The fraction of sp³-hybridized carbons (Fsp3) is 0.300. The first kappa shape index (κ1) is 19.9. The van der Waals surface area contributed by atoms with Crippen LogP contribution in [0.1, 0.15) is 31.0 Å². The van der Waals surface area contributed by atoms with Crippen LogP contribution in [0.3, 0.4) is 0 Å². The van der Waals surface area contributed by atoms with E-state index in [4.69, 9.17) is 11.6 Å². The van der Waals surface area contributed by atoms with Crippen LogP contribution in [0.5, 0.6) is 0 Å². The Morgan fingerprint density at radius 2 is 1.77 bits per heavy atom. The summed E-state index contributed by atoms with van der Waals surface area (Å²) >= 11 is 6.17. The number of nitrogens with one attached hydrogen (secondary N) is 2. The van der Waals surface area contributed by atoms with Crippen molar-refractivity contribution in [3.63, 3.8) is 0 Å². The summed E-state index contributed by atoms with van der Waals surface area (Å²) in [4.78, 5) is 24.0. The van der Waals surface area contributed by atoms with Crippen molar-refractivity contribution < 1.29 is 14.9 Å². The van der Waals surface area contributed by atoms with Crippen LogP contribution in [0.4, 0.5) is 5.69 Å². The number of nitrogens with two attached hydrogens (primary N) is 1. The summed E-state index contributed by atoms with van der Waals surface area (Å²) in [5.41, 5.74) is 2.83. The first-order valence-corrected chi connectivity index (χ1v) is 9.11. The second-order valence-electron chi connectivity index (χ2n) is 6.09. The molecule has 0 unspecified atom stereocenters. The molecule has 4 N–H and O–H groups in total. The SMILES string of the molecule is CCc1ccccc1NC(=O)CNC(=O)C[NH2+][C@H](C)c1ccccc1Cl. The van der Waals surface area contributed by atoms with Crippen LogP contribution < -0.4 is 16.0 Å². The van der Waals surface area contributed by atoms with E-state index in [9.17, 15) is 9.59 Å². The number of benzene rings is 2. The summed E-state index contributed by atoms with van der Waals surface area (Å²) in [5.74, 6) is -0.429. The molecule has 0 saturated carbocycles. The Bertz CT molecular complexity index is 764. The summed E-state index contributed by atoms with van der Waals surface area (Å²) < 4.78 is 0. The van der Waals surface area contributed by atoms with Crippen molar-refractivity contribution in [2.45, 2.75) is 26.3 Å². The van der Waals surface area contributed by atoms with E-state index >= 15 is 0 Å². The summed E-state index contributed by atoms with van der Waals surface area (Å²) in [6, 6.07) is 15.3. The van der Waals surface area contributed by atoms with Gasteiger partial charge in [-0.25, -0.2) is 0 Å². The monoisotopic (exact) mass is 374 g/mol. The molecule has 0 aromatic heterocycles. The molecule has 6 heteroatoms. The molecule has 0 saturated heterocycles. The minimum Gasteiger partial charge on any atom is -0.342 e. The molecule has 0 fully saturated rings. The molecule has 0 aliphatic heterocycles. The van der Waals surface area contributed by atoms with Crippen LogP contribution >= 0.6 is 11.6 Å². The Balaban J connectivity index is 1.76. The Kier molecular flexibility index (Phi) is 7.63. The Hall–Kier alpha value is -2.37. The topological polar surface area (TPSA) is 74.8 Å². The zero-order valence-corrected chi connectivity index (χ0v) is 15.8. The number of quaternary nitrogens is 1. The molecule has 2 amide bonds. The molecule has 0 spiro atoms. The van der Waals surface area contributed by atoms with Gasteiger partial charge in [0.15, 0.2) is 6.54 Å². The number of amides is 2. The molecule has 0 radical (unpaired) electrons. The fourth-order valence-corrected chi connectivity index (χ4v) is 2.96. The van der Waals surface area contributed by atoms with Gasteiger partial charge < -0.3 is 16.0 Å². The molecule has 0 aliphatic carbocycles. The van der Waals surface area contributed by atoms with E-state index in [-0.39, 0.29) is 30.9 Å². The number of para-hydroxylation sites is 1. The molecule has 138 valence electrons. The highest BCUT2D eigenvalue weighted by Crippen LogP contribution is 2.19. The maximum atomic E-state index is 12.0. The second-order valence-corrected chi connectivity index (χ2v) is 6.49. The average molecular weight is 375 g/mol. The number of hydrogen-bond donors (Lipinski definition) is 3. The largest absolute Gasteiger partial charge is 0.342 e. The summed E-state index contributed by atoms with van der Waals surface area (Å²) in [6.07, 6.45) is 0.831. The van der Waals surface area contributed by atoms with Crippen LogP contribution in [0.25, 0.3) is 0 Å². The van der Waals surface area contributed by atoms with E-state index in [2.05, 4.69) is 10.6 Å². The van der Waals surface area contributed by atoms with Gasteiger partial charge in [0.2, 0.25) is 5.91 Å². The van der Waals surface area contributed by atoms with Crippen molar-refractivity contribution in [1.82, 2.24) is 5.32 Å². The maximum absolute atomic E-state index is 12.0. The van der Waals surface area contributed by atoms with Crippen molar-refractivity contribution in [2.24, 2.45) is 0 Å². The van der Waals surface area contributed by atoms with Crippen LogP contribution in [-0.4, -0.2) is 24.9 Å². The van der Waals surface area contributed by atoms with Gasteiger partial charge in [0.1, 0.15) is 6.04 Å². The van der Waals surface area contributed by atoms with Gasteiger partial charge in [-0.15, -0.1) is 0 Å². The van der Waals surface area contributed by atoms with Gasteiger partial charge in [0.05, 0.1) is 6.54 Å². The van der Waals surface area contributed by atoms with Gasteiger partial charge in [0, 0.05) is 16.3 Å². The minimum atomic E-state index is -0.238. The number of aryl methyl sites for hydroxylation is 1. The van der Waals surface area contributed by atoms with E-state index < -0.39 is 0 Å². The predicted octanol–water partition coefficient (Wildman–Crippen LogP) is 2.28. The molecule has 2 aromatic carbocycles. The lowest BCUT2D eigenvalue weighted by Crippen LogP contribution is -2.87. The molecule has 2 aromatic rings. The summed E-state index contributed by atoms with van der Waals surface area (Å²) in [5, 5.41) is 8.06. The van der Waals surface area contributed by atoms with Gasteiger partial charge >= 0.3 is 0 Å². The van der Waals surface area contributed by atoms with E-state index in [0.29, 0.717) is 5.02 Å². The number of hydrogen-bond acceptors (Lipinski definition) is 2. The van der Waals surface area contributed by atoms with Gasteiger partial charge in [-0.2, -0.15) is 0 Å². The van der Waals surface area contributed by atoms with Gasteiger partial charge in [-0.3, -0.25) is 9.59 Å². The van der Waals surface area contributed by atoms with Gasteiger partial charge in [-0.1, -0.05) is 54.9 Å². The lowest BCUT2D eigenvalue weighted by Gasteiger charge is -2.13. The number of carbonyl (C=O) groups is 2. The third-order valence-corrected chi connectivity index (χ3v) is 4.52. The lowest BCUT2D eigenvalue weighted by molar-refractivity contribution is -0.682. The molecule has 0 bridgehead atoms. The molecule has 0 heterocycles. The van der Waals surface area contributed by atoms with Crippen LogP contribution in [0.2, 0.25) is 5.02 Å². The number of rotatable bonds is 8. The first-order valence-electron chi connectivity index (χ1n) is 8.73. The number of carbonyl (C=O) groups excluding carboxylic acids is 2. The van der Waals surface area contributed by atoms with Crippen LogP contribution in [-0.2, 0) is 16.0 Å². The van der Waals surface area contributed by atoms with Gasteiger partial charge in [-0.05, 0) is 31.0 Å². The fourth-order valence-electron chi connectivity index (χ4n) is 2.65. The second kappa shape index (κ2) is 9.94. The quantitative estimate of drug-likeness (QED) is 0.663. The molecule has 1 atom stereocenters. The smallest absolute Gasteiger partial charge is 0.275 e. The van der Waals surface area contributed by atoms with Crippen molar-refractivity contribution in [3.8, 4) is 0 Å². The van der Waals surface area contributed by atoms with Crippen molar-refractivity contribution in [2.75, 3.05) is 18.4 Å². The Morgan fingerprint density at radius 1 is 1.08 bits per heavy atom. The standard InChI is InChI=1S/C20H24ClN3O2/c1-3-15-8-4-7-11-18(15)24-20(26)13-23-19(25)12-22-14(2)16-9-5-6-10-17(16)21/h4-11,14,22H,3,12-13H2,1-2H3,(H,23,25)(H,24,26)/p+1/t14-/m1/s1. The highest BCUT2D eigenvalue weighted by Gasteiger charge is 2.14. The zero-order valence-electron chi connectivity index (χ0n) is 15.1. The van der Waals surface area contributed by atoms with Crippen LogP contribution in [0.15, 0.2) is 48.5 Å². The number of anilines is 1. The molecule has 0 aliphatic rings. The number of halogens is 1. The van der Waals surface area contributed by atoms with Gasteiger partial charge in [0.25, 0.3) is 5.91 Å². The van der Waals surface area contributed by atoms with Crippen molar-refractivity contribution >= 4 is 29.1 Å². The van der Waals surface area contributed by atoms with E-state index in [1.54, 1.807) is 0 Å². The molecule has 26 heavy (non-hydrogen) atoms. The van der Waals surface area contributed by atoms with Crippen molar-refractivity contribution in [1.29, 1.82) is 0 Å². The van der Waals surface area contributed by atoms with E-state index in [1.165, 1.54) is 0 Å². The normalized spacial score (nSPS) is 11.7. The van der Waals surface area contributed by atoms with E-state index in [1.807, 2.05) is 67.7 Å². The zero-order chi connectivity index (χ0) is 18.9. The van der Waals surface area contributed by atoms with Crippen molar-refractivity contribution in [3.05, 3.63) is 64.7 Å².